The van der Waals surface area contributed by atoms with Gasteiger partial charge in [0.15, 0.2) is 0 Å². The normalized spacial score (nSPS) is 10.4. The fourth-order valence-corrected chi connectivity index (χ4v) is 3.18. The third kappa shape index (κ3) is 5.05. The number of aryl methyl sites for hydroxylation is 1. The first-order chi connectivity index (χ1) is 15.1. The minimum Gasteiger partial charge on any atom is -0.340 e. The molecule has 3 N–H and O–H groups in total. The van der Waals surface area contributed by atoms with Crippen LogP contribution in [0.5, 0.6) is 0 Å². The summed E-state index contributed by atoms with van der Waals surface area (Å²) in [5, 5.41) is 8.99. The van der Waals surface area contributed by atoms with Crippen LogP contribution in [0.1, 0.15) is 11.1 Å². The number of para-hydroxylation sites is 1. The van der Waals surface area contributed by atoms with Gasteiger partial charge in [0.25, 0.3) is 0 Å². The molecule has 2 aromatic heterocycles. The number of anilines is 4. The van der Waals surface area contributed by atoms with Crippen LogP contribution in [0.3, 0.4) is 0 Å². The summed E-state index contributed by atoms with van der Waals surface area (Å²) in [4.78, 5) is 21.1. The smallest absolute Gasteiger partial charge is 0.324 e. The summed E-state index contributed by atoms with van der Waals surface area (Å²) >= 11 is 0. The maximum Gasteiger partial charge on any atom is 0.324 e. The van der Waals surface area contributed by atoms with Crippen LogP contribution in [0, 0.1) is 13.8 Å². The summed E-state index contributed by atoms with van der Waals surface area (Å²) in [6, 6.07) is 23.0. The van der Waals surface area contributed by atoms with Crippen LogP contribution >= 0.6 is 0 Å². The standard InChI is InChI=1S/C25H23N5O/c1-17-7-6-10-22(18(17)2)29-25(31)30-24-16-20(12-14-27-24)19-11-13-26-23(15-19)28-21-8-4-3-5-9-21/h3-16H,1-2H3,(H,26,28)(H2,27,29,30,31). The molecule has 0 bridgehead atoms. The third-order valence-electron chi connectivity index (χ3n) is 4.99. The Balaban J connectivity index is 1.49. The molecule has 6 heteroatoms. The average Bonchev–Trinajstić information content (AvgIpc) is 2.78. The van der Waals surface area contributed by atoms with Crippen LogP contribution in [-0.4, -0.2) is 16.0 Å². The van der Waals surface area contributed by atoms with Gasteiger partial charge in [0.1, 0.15) is 11.6 Å². The second-order valence-corrected chi connectivity index (χ2v) is 7.18. The number of nitrogens with zero attached hydrogens (tertiary/aromatic N) is 2. The number of hydrogen-bond acceptors (Lipinski definition) is 4. The molecule has 0 spiro atoms. The zero-order chi connectivity index (χ0) is 21.6. The molecule has 6 nitrogen and oxygen atoms in total. The largest absolute Gasteiger partial charge is 0.340 e. The van der Waals surface area contributed by atoms with Crippen molar-refractivity contribution in [3.8, 4) is 11.1 Å². The van der Waals surface area contributed by atoms with Gasteiger partial charge in [-0.05, 0) is 78.6 Å². The molecule has 2 amide bonds. The Morgan fingerprint density at radius 1 is 0.742 bits per heavy atom. The minimum absolute atomic E-state index is 0.334. The van der Waals surface area contributed by atoms with E-state index in [9.17, 15) is 4.79 Å². The molecular formula is C25H23N5O. The monoisotopic (exact) mass is 409 g/mol. The Kier molecular flexibility index (Phi) is 5.89. The summed E-state index contributed by atoms with van der Waals surface area (Å²) in [6.45, 7) is 3.99. The van der Waals surface area contributed by atoms with E-state index < -0.39 is 0 Å². The molecule has 2 aromatic carbocycles. The van der Waals surface area contributed by atoms with Crippen molar-refractivity contribution in [3.05, 3.63) is 96.3 Å². The second kappa shape index (κ2) is 9.09. The number of carbonyl (C=O) groups excluding carboxylic acids is 1. The fraction of sp³-hybridized carbons (Fsp3) is 0.0800. The summed E-state index contributed by atoms with van der Waals surface area (Å²) < 4.78 is 0. The molecule has 2 heterocycles. The molecule has 0 atom stereocenters. The van der Waals surface area contributed by atoms with Crippen molar-refractivity contribution >= 4 is 29.0 Å². The van der Waals surface area contributed by atoms with Crippen LogP contribution in [0.25, 0.3) is 11.1 Å². The summed E-state index contributed by atoms with van der Waals surface area (Å²) in [6.07, 6.45) is 3.43. The number of urea groups is 1. The Hall–Kier alpha value is -4.19. The molecule has 0 aliphatic rings. The van der Waals surface area contributed by atoms with E-state index >= 15 is 0 Å². The number of pyridine rings is 2. The maximum atomic E-state index is 12.5. The molecule has 0 radical (unpaired) electrons. The molecular weight excluding hydrogens is 386 g/mol. The Morgan fingerprint density at radius 2 is 1.42 bits per heavy atom. The van der Waals surface area contributed by atoms with E-state index in [0.717, 1.165) is 39.4 Å². The number of hydrogen-bond donors (Lipinski definition) is 3. The van der Waals surface area contributed by atoms with Crippen molar-refractivity contribution < 1.29 is 4.79 Å². The lowest BCUT2D eigenvalue weighted by atomic mass is 10.1. The van der Waals surface area contributed by atoms with Crippen LogP contribution < -0.4 is 16.0 Å². The van der Waals surface area contributed by atoms with E-state index in [0.29, 0.717) is 5.82 Å². The molecule has 4 rings (SSSR count). The molecule has 0 aliphatic heterocycles. The van der Waals surface area contributed by atoms with E-state index in [2.05, 4.69) is 25.9 Å². The van der Waals surface area contributed by atoms with Crippen molar-refractivity contribution in [2.45, 2.75) is 13.8 Å². The van der Waals surface area contributed by atoms with Gasteiger partial charge in [-0.2, -0.15) is 0 Å². The van der Waals surface area contributed by atoms with Gasteiger partial charge >= 0.3 is 6.03 Å². The predicted octanol–water partition coefficient (Wildman–Crippen LogP) is 6.15. The number of nitrogens with one attached hydrogen (secondary N) is 3. The van der Waals surface area contributed by atoms with E-state index in [1.807, 2.05) is 86.6 Å². The van der Waals surface area contributed by atoms with E-state index in [-0.39, 0.29) is 6.03 Å². The van der Waals surface area contributed by atoms with Crippen LogP contribution in [0.15, 0.2) is 85.2 Å². The van der Waals surface area contributed by atoms with Gasteiger partial charge in [0.05, 0.1) is 0 Å². The first kappa shape index (κ1) is 20.1. The lowest BCUT2D eigenvalue weighted by molar-refractivity contribution is 0.262. The highest BCUT2D eigenvalue weighted by molar-refractivity contribution is 6.00. The summed E-state index contributed by atoms with van der Waals surface area (Å²) in [7, 11) is 0. The van der Waals surface area contributed by atoms with Crippen molar-refractivity contribution in [2.24, 2.45) is 0 Å². The van der Waals surface area contributed by atoms with Gasteiger partial charge < -0.3 is 10.6 Å². The Labute approximate surface area is 181 Å². The highest BCUT2D eigenvalue weighted by Crippen LogP contribution is 2.25. The zero-order valence-electron chi connectivity index (χ0n) is 17.4. The number of carbonyl (C=O) groups is 1. The van der Waals surface area contributed by atoms with Gasteiger partial charge in [0.2, 0.25) is 0 Å². The molecule has 0 saturated heterocycles. The lowest BCUT2D eigenvalue weighted by Gasteiger charge is -2.12. The SMILES string of the molecule is Cc1cccc(NC(=O)Nc2cc(-c3ccnc(Nc4ccccc4)c3)ccn2)c1C. The predicted molar refractivity (Wildman–Crippen MR) is 126 cm³/mol. The lowest BCUT2D eigenvalue weighted by Crippen LogP contribution is -2.20. The second-order valence-electron chi connectivity index (χ2n) is 7.18. The highest BCUT2D eigenvalue weighted by Gasteiger charge is 2.08. The van der Waals surface area contributed by atoms with E-state index in [1.165, 1.54) is 0 Å². The average molecular weight is 409 g/mol. The number of aromatic nitrogens is 2. The number of amides is 2. The molecule has 0 aliphatic carbocycles. The quantitative estimate of drug-likeness (QED) is 0.369. The van der Waals surface area contributed by atoms with Crippen molar-refractivity contribution in [1.29, 1.82) is 0 Å². The zero-order valence-corrected chi connectivity index (χ0v) is 17.4. The van der Waals surface area contributed by atoms with Gasteiger partial charge in [0, 0.05) is 23.8 Å². The topological polar surface area (TPSA) is 78.9 Å². The van der Waals surface area contributed by atoms with Gasteiger partial charge in [-0.25, -0.2) is 14.8 Å². The van der Waals surface area contributed by atoms with Crippen molar-refractivity contribution in [2.75, 3.05) is 16.0 Å². The summed E-state index contributed by atoms with van der Waals surface area (Å²) in [5.41, 5.74) is 5.79. The third-order valence-corrected chi connectivity index (χ3v) is 4.99. The van der Waals surface area contributed by atoms with Gasteiger partial charge in [-0.15, -0.1) is 0 Å². The highest BCUT2D eigenvalue weighted by atomic mass is 16.2. The fourth-order valence-electron chi connectivity index (χ4n) is 3.18. The molecule has 0 unspecified atom stereocenters. The van der Waals surface area contributed by atoms with E-state index in [1.54, 1.807) is 12.4 Å². The van der Waals surface area contributed by atoms with Crippen LogP contribution in [0.4, 0.5) is 27.8 Å². The Bertz CT molecular complexity index is 1210. The minimum atomic E-state index is -0.334. The van der Waals surface area contributed by atoms with Gasteiger partial charge in [-0.3, -0.25) is 5.32 Å². The molecule has 0 saturated carbocycles. The molecule has 31 heavy (non-hydrogen) atoms. The molecule has 154 valence electrons. The molecule has 0 fully saturated rings. The van der Waals surface area contributed by atoms with Crippen LogP contribution in [0.2, 0.25) is 0 Å². The van der Waals surface area contributed by atoms with E-state index in [4.69, 9.17) is 0 Å². The van der Waals surface area contributed by atoms with Crippen molar-refractivity contribution in [1.82, 2.24) is 9.97 Å². The first-order valence-electron chi connectivity index (χ1n) is 9.97. The van der Waals surface area contributed by atoms with Crippen LogP contribution in [-0.2, 0) is 0 Å². The maximum absolute atomic E-state index is 12.5. The number of benzene rings is 2. The molecule has 4 aromatic rings. The Morgan fingerprint density at radius 3 is 2.16 bits per heavy atom. The van der Waals surface area contributed by atoms with Gasteiger partial charge in [-0.1, -0.05) is 30.3 Å². The summed E-state index contributed by atoms with van der Waals surface area (Å²) in [5.74, 6) is 1.21. The van der Waals surface area contributed by atoms with Crippen molar-refractivity contribution in [3.63, 3.8) is 0 Å². The number of rotatable bonds is 5. The first-order valence-corrected chi connectivity index (χ1v) is 9.97.